The van der Waals surface area contributed by atoms with E-state index in [1.165, 1.54) is 9.75 Å². The number of para-hydroxylation sites is 2. The van der Waals surface area contributed by atoms with Gasteiger partial charge in [-0.2, -0.15) is 0 Å². The van der Waals surface area contributed by atoms with Crippen molar-refractivity contribution in [2.24, 2.45) is 4.99 Å². The zero-order chi connectivity index (χ0) is 16.1. The van der Waals surface area contributed by atoms with E-state index in [-0.39, 0.29) is 24.0 Å². The highest BCUT2D eigenvalue weighted by Gasteiger charge is 2.03. The minimum Gasteiger partial charge on any atom is -0.356 e. The largest absolute Gasteiger partial charge is 0.356 e. The van der Waals surface area contributed by atoms with Gasteiger partial charge in [-0.3, -0.25) is 4.99 Å². The SMILES string of the molecule is CN=C(NCCc1nc2ccccc2[nH]1)NCc1ccc(C)s1.I. The highest BCUT2D eigenvalue weighted by molar-refractivity contribution is 14.0. The Morgan fingerprint density at radius 2 is 2.04 bits per heavy atom. The Hall–Kier alpha value is -1.61. The van der Waals surface area contributed by atoms with Crippen molar-refractivity contribution in [3.63, 3.8) is 0 Å². The number of benzene rings is 1. The lowest BCUT2D eigenvalue weighted by molar-refractivity contribution is 0.780. The van der Waals surface area contributed by atoms with E-state index in [9.17, 15) is 0 Å². The molecule has 7 heteroatoms. The Morgan fingerprint density at radius 1 is 1.21 bits per heavy atom. The number of guanidine groups is 1. The molecule has 0 aliphatic carbocycles. The topological polar surface area (TPSA) is 65.1 Å². The van der Waals surface area contributed by atoms with Gasteiger partial charge in [0.1, 0.15) is 5.82 Å². The number of aryl methyl sites for hydroxylation is 1. The molecule has 2 aromatic heterocycles. The van der Waals surface area contributed by atoms with Gasteiger partial charge in [-0.1, -0.05) is 12.1 Å². The number of aliphatic imine (C=N–C) groups is 1. The molecule has 3 N–H and O–H groups in total. The molecule has 0 spiro atoms. The zero-order valence-corrected chi connectivity index (χ0v) is 16.9. The van der Waals surface area contributed by atoms with Crippen LogP contribution < -0.4 is 10.6 Å². The molecule has 1 aromatic carbocycles. The van der Waals surface area contributed by atoms with E-state index in [4.69, 9.17) is 0 Å². The molecule has 0 amide bonds. The standard InChI is InChI=1S/C17H21N5S.HI/c1-12-7-8-13(23-12)11-20-17(18-2)19-10-9-16-21-14-5-3-4-6-15(14)22-16;/h3-8H,9-11H2,1-2H3,(H,21,22)(H2,18,19,20);1H. The second-order valence-electron chi connectivity index (χ2n) is 5.32. The second-order valence-corrected chi connectivity index (χ2v) is 6.69. The Kier molecular flexibility index (Phi) is 7.04. The molecule has 0 atom stereocenters. The number of thiophene rings is 1. The third-order valence-corrected chi connectivity index (χ3v) is 4.54. The molecular weight excluding hydrogens is 433 g/mol. The lowest BCUT2D eigenvalue weighted by Crippen LogP contribution is -2.37. The number of nitrogens with zero attached hydrogens (tertiary/aromatic N) is 2. The zero-order valence-electron chi connectivity index (χ0n) is 13.8. The second kappa shape index (κ2) is 9.03. The van der Waals surface area contributed by atoms with Crippen molar-refractivity contribution in [3.8, 4) is 0 Å². The minimum atomic E-state index is 0. The lowest BCUT2D eigenvalue weighted by atomic mass is 10.3. The molecule has 0 unspecified atom stereocenters. The van der Waals surface area contributed by atoms with Gasteiger partial charge in [0.25, 0.3) is 0 Å². The van der Waals surface area contributed by atoms with Crippen molar-refractivity contribution in [1.82, 2.24) is 20.6 Å². The summed E-state index contributed by atoms with van der Waals surface area (Å²) in [6, 6.07) is 12.4. The molecule has 5 nitrogen and oxygen atoms in total. The van der Waals surface area contributed by atoms with Crippen molar-refractivity contribution in [3.05, 3.63) is 52.0 Å². The Labute approximate surface area is 163 Å². The number of H-pyrrole nitrogens is 1. The summed E-state index contributed by atoms with van der Waals surface area (Å²) in [5, 5.41) is 6.65. The number of hydrogen-bond donors (Lipinski definition) is 3. The average molecular weight is 455 g/mol. The smallest absolute Gasteiger partial charge is 0.191 e. The summed E-state index contributed by atoms with van der Waals surface area (Å²) in [7, 11) is 1.79. The van der Waals surface area contributed by atoms with E-state index < -0.39 is 0 Å². The Bertz CT molecular complexity index is 775. The maximum Gasteiger partial charge on any atom is 0.191 e. The van der Waals surface area contributed by atoms with Gasteiger partial charge in [0, 0.05) is 29.8 Å². The van der Waals surface area contributed by atoms with Gasteiger partial charge < -0.3 is 15.6 Å². The van der Waals surface area contributed by atoms with Crippen LogP contribution in [0.25, 0.3) is 11.0 Å². The first-order chi connectivity index (χ1) is 11.2. The number of aromatic nitrogens is 2. The van der Waals surface area contributed by atoms with Gasteiger partial charge in [-0.05, 0) is 31.2 Å². The average Bonchev–Trinajstić information content (AvgIpc) is 3.16. The van der Waals surface area contributed by atoms with E-state index in [1.54, 1.807) is 18.4 Å². The van der Waals surface area contributed by atoms with Crippen molar-refractivity contribution >= 4 is 52.3 Å². The van der Waals surface area contributed by atoms with Crippen molar-refractivity contribution in [2.45, 2.75) is 19.9 Å². The molecule has 0 bridgehead atoms. The van der Waals surface area contributed by atoms with Crippen LogP contribution in [-0.4, -0.2) is 29.5 Å². The number of halogens is 1. The number of rotatable bonds is 5. The molecule has 0 saturated carbocycles. The van der Waals surface area contributed by atoms with Gasteiger partial charge in [0.05, 0.1) is 17.6 Å². The molecule has 128 valence electrons. The highest BCUT2D eigenvalue weighted by Crippen LogP contribution is 2.14. The molecule has 3 rings (SSSR count). The number of nitrogens with one attached hydrogen (secondary N) is 3. The van der Waals surface area contributed by atoms with E-state index in [0.717, 1.165) is 42.3 Å². The minimum absolute atomic E-state index is 0. The van der Waals surface area contributed by atoms with E-state index in [0.29, 0.717) is 0 Å². The van der Waals surface area contributed by atoms with Crippen LogP contribution >= 0.6 is 35.3 Å². The molecule has 0 aliphatic rings. The third-order valence-electron chi connectivity index (χ3n) is 3.54. The maximum absolute atomic E-state index is 4.58. The molecule has 24 heavy (non-hydrogen) atoms. The van der Waals surface area contributed by atoms with Crippen molar-refractivity contribution in [1.29, 1.82) is 0 Å². The van der Waals surface area contributed by atoms with Crippen LogP contribution in [0, 0.1) is 6.92 Å². The summed E-state index contributed by atoms with van der Waals surface area (Å²) < 4.78 is 0. The van der Waals surface area contributed by atoms with Crippen molar-refractivity contribution < 1.29 is 0 Å². The van der Waals surface area contributed by atoms with Crippen molar-refractivity contribution in [2.75, 3.05) is 13.6 Å². The fourth-order valence-electron chi connectivity index (χ4n) is 2.39. The van der Waals surface area contributed by atoms with Gasteiger partial charge in [0.2, 0.25) is 0 Å². The lowest BCUT2D eigenvalue weighted by Gasteiger charge is -2.10. The normalized spacial score (nSPS) is 11.3. The van der Waals surface area contributed by atoms with Gasteiger partial charge in [-0.15, -0.1) is 35.3 Å². The molecular formula is C17H22IN5S. The summed E-state index contributed by atoms with van der Waals surface area (Å²) in [5.74, 6) is 1.80. The quantitative estimate of drug-likeness (QED) is 0.314. The van der Waals surface area contributed by atoms with Crippen LogP contribution in [-0.2, 0) is 13.0 Å². The van der Waals surface area contributed by atoms with Crippen LogP contribution in [0.5, 0.6) is 0 Å². The first kappa shape index (κ1) is 18.7. The summed E-state index contributed by atoms with van der Waals surface area (Å²) in [5.41, 5.74) is 2.09. The summed E-state index contributed by atoms with van der Waals surface area (Å²) in [6.07, 6.45) is 0.827. The summed E-state index contributed by atoms with van der Waals surface area (Å²) in [4.78, 5) is 14.8. The third kappa shape index (κ3) is 4.94. The number of hydrogen-bond acceptors (Lipinski definition) is 3. The van der Waals surface area contributed by atoms with Crippen LogP contribution in [0.1, 0.15) is 15.6 Å². The summed E-state index contributed by atoms with van der Waals surface area (Å²) in [6.45, 7) is 3.69. The number of imidazole rings is 1. The van der Waals surface area contributed by atoms with Crippen LogP contribution in [0.15, 0.2) is 41.4 Å². The molecule has 0 fully saturated rings. The first-order valence-electron chi connectivity index (χ1n) is 7.68. The van der Waals surface area contributed by atoms with Crippen LogP contribution in [0.2, 0.25) is 0 Å². The molecule has 0 saturated heterocycles. The van der Waals surface area contributed by atoms with E-state index in [2.05, 4.69) is 44.7 Å². The predicted octanol–water partition coefficient (Wildman–Crippen LogP) is 3.46. The van der Waals surface area contributed by atoms with Gasteiger partial charge in [-0.25, -0.2) is 4.98 Å². The maximum atomic E-state index is 4.58. The first-order valence-corrected chi connectivity index (χ1v) is 8.50. The number of aromatic amines is 1. The van der Waals surface area contributed by atoms with Crippen LogP contribution in [0.4, 0.5) is 0 Å². The van der Waals surface area contributed by atoms with E-state index >= 15 is 0 Å². The van der Waals surface area contributed by atoms with Crippen LogP contribution in [0.3, 0.4) is 0 Å². The summed E-state index contributed by atoms with van der Waals surface area (Å²) >= 11 is 1.80. The molecule has 0 aliphatic heterocycles. The molecule has 2 heterocycles. The van der Waals surface area contributed by atoms with E-state index in [1.807, 2.05) is 24.3 Å². The monoisotopic (exact) mass is 455 g/mol. The fourth-order valence-corrected chi connectivity index (χ4v) is 3.22. The van der Waals surface area contributed by atoms with Gasteiger partial charge in [0.15, 0.2) is 5.96 Å². The predicted molar refractivity (Wildman–Crippen MR) is 112 cm³/mol. The Morgan fingerprint density at radius 3 is 2.75 bits per heavy atom. The van der Waals surface area contributed by atoms with Gasteiger partial charge >= 0.3 is 0 Å². The molecule has 0 radical (unpaired) electrons. The fraction of sp³-hybridized carbons (Fsp3) is 0.294. The molecule has 3 aromatic rings. The highest BCUT2D eigenvalue weighted by atomic mass is 127. The Balaban J connectivity index is 0.00000208. The number of fused-ring (bicyclic) bond motifs is 1.